The Balaban J connectivity index is 0.00000243. The molecule has 1 aromatic carbocycles. The monoisotopic (exact) mass is 402 g/mol. The SMILES string of the molecule is Cl.FC(F)(F)c1ccc(C(F)(F)F)c([C@H](CC2CC2)N2CCNCC2)c1. The molecule has 1 saturated carbocycles. The number of piperazine rings is 1. The van der Waals surface area contributed by atoms with Gasteiger partial charge in [0.1, 0.15) is 0 Å². The van der Waals surface area contributed by atoms with Crippen LogP contribution in [0.2, 0.25) is 0 Å². The fourth-order valence-corrected chi connectivity index (χ4v) is 3.41. The van der Waals surface area contributed by atoms with Crippen LogP contribution in [0.5, 0.6) is 0 Å². The molecule has 1 N–H and O–H groups in total. The highest BCUT2D eigenvalue weighted by molar-refractivity contribution is 5.85. The van der Waals surface area contributed by atoms with E-state index >= 15 is 0 Å². The zero-order valence-electron chi connectivity index (χ0n) is 14.0. The lowest BCUT2D eigenvalue weighted by Crippen LogP contribution is -2.45. The van der Waals surface area contributed by atoms with Crippen LogP contribution in [0.1, 0.15) is 42.0 Å². The third-order valence-corrected chi connectivity index (χ3v) is 4.89. The summed E-state index contributed by atoms with van der Waals surface area (Å²) in [5.41, 5.74) is -2.22. The molecule has 3 rings (SSSR count). The van der Waals surface area contributed by atoms with Crippen molar-refractivity contribution in [2.24, 2.45) is 5.92 Å². The highest BCUT2D eigenvalue weighted by atomic mass is 35.5. The number of nitrogens with zero attached hydrogens (tertiary/aromatic N) is 1. The molecule has 9 heteroatoms. The minimum atomic E-state index is -4.67. The molecule has 0 amide bonds. The van der Waals surface area contributed by atoms with E-state index in [1.807, 2.05) is 4.90 Å². The molecule has 2 nitrogen and oxygen atoms in total. The van der Waals surface area contributed by atoms with Gasteiger partial charge in [0.25, 0.3) is 0 Å². The third kappa shape index (κ3) is 5.04. The van der Waals surface area contributed by atoms with Gasteiger partial charge in [0, 0.05) is 32.2 Å². The maximum Gasteiger partial charge on any atom is 0.416 e. The van der Waals surface area contributed by atoms with Crippen LogP contribution in [0.25, 0.3) is 0 Å². The van der Waals surface area contributed by atoms with E-state index in [2.05, 4.69) is 5.32 Å². The van der Waals surface area contributed by atoms with Crippen molar-refractivity contribution in [1.29, 1.82) is 0 Å². The van der Waals surface area contributed by atoms with Crippen LogP contribution in [0, 0.1) is 5.92 Å². The fourth-order valence-electron chi connectivity index (χ4n) is 3.41. The van der Waals surface area contributed by atoms with Crippen molar-refractivity contribution in [3.05, 3.63) is 34.9 Å². The van der Waals surface area contributed by atoms with Gasteiger partial charge in [-0.25, -0.2) is 0 Å². The molecule has 1 aliphatic carbocycles. The predicted octanol–water partition coefficient (Wildman–Crippen LogP) is 4.89. The Kier molecular flexibility index (Phi) is 6.51. The van der Waals surface area contributed by atoms with Crippen LogP contribution in [-0.2, 0) is 12.4 Å². The van der Waals surface area contributed by atoms with Crippen molar-refractivity contribution in [2.75, 3.05) is 26.2 Å². The summed E-state index contributed by atoms with van der Waals surface area (Å²) in [7, 11) is 0. The van der Waals surface area contributed by atoms with Gasteiger partial charge in [-0.3, -0.25) is 4.90 Å². The van der Waals surface area contributed by atoms with Gasteiger partial charge < -0.3 is 5.32 Å². The number of hydrogen-bond acceptors (Lipinski definition) is 2. The highest BCUT2D eigenvalue weighted by Crippen LogP contribution is 2.45. The standard InChI is InChI=1S/C17H20F6N2.ClH/c18-16(19,20)12-3-4-14(17(21,22)23)13(10-12)15(9-11-1-2-11)25-7-5-24-6-8-25;/h3-4,10-11,15,24H,1-2,5-9H2;1H/t15-;/m0./s1. The summed E-state index contributed by atoms with van der Waals surface area (Å²) in [5, 5.41) is 3.13. The number of halogens is 7. The molecule has 0 bridgehead atoms. The molecule has 0 radical (unpaired) electrons. The second-order valence-electron chi connectivity index (χ2n) is 6.78. The Bertz CT molecular complexity index is 606. The first-order valence-corrected chi connectivity index (χ1v) is 8.39. The molecule has 2 fully saturated rings. The molecule has 1 aliphatic heterocycles. The topological polar surface area (TPSA) is 15.3 Å². The Labute approximate surface area is 154 Å². The van der Waals surface area contributed by atoms with E-state index in [1.165, 1.54) is 0 Å². The summed E-state index contributed by atoms with van der Waals surface area (Å²) in [6, 6.07) is 1.18. The van der Waals surface area contributed by atoms with Crippen molar-refractivity contribution in [1.82, 2.24) is 10.2 Å². The van der Waals surface area contributed by atoms with E-state index in [4.69, 9.17) is 0 Å². The van der Waals surface area contributed by atoms with Crippen LogP contribution in [0.15, 0.2) is 18.2 Å². The Hall–Kier alpha value is -0.990. The minimum Gasteiger partial charge on any atom is -0.314 e. The van der Waals surface area contributed by atoms with Gasteiger partial charge in [0.15, 0.2) is 0 Å². The summed E-state index contributed by atoms with van der Waals surface area (Å²) < 4.78 is 79.6. The molecule has 148 valence electrons. The molecule has 26 heavy (non-hydrogen) atoms. The van der Waals surface area contributed by atoms with Crippen molar-refractivity contribution < 1.29 is 26.3 Å². The predicted molar refractivity (Wildman–Crippen MR) is 88.2 cm³/mol. The second kappa shape index (κ2) is 7.94. The lowest BCUT2D eigenvalue weighted by molar-refractivity contribution is -0.142. The van der Waals surface area contributed by atoms with Crippen LogP contribution in [-0.4, -0.2) is 31.1 Å². The molecule has 1 aromatic rings. The summed E-state index contributed by atoms with van der Waals surface area (Å²) in [6.45, 7) is 2.32. The van der Waals surface area contributed by atoms with E-state index in [-0.39, 0.29) is 18.0 Å². The van der Waals surface area contributed by atoms with E-state index in [1.54, 1.807) is 0 Å². The quantitative estimate of drug-likeness (QED) is 0.721. The Morgan fingerprint density at radius 2 is 1.62 bits per heavy atom. The zero-order chi connectivity index (χ0) is 18.2. The van der Waals surface area contributed by atoms with Gasteiger partial charge in [-0.1, -0.05) is 12.8 Å². The number of rotatable bonds is 4. The fraction of sp³-hybridized carbons (Fsp3) is 0.647. The van der Waals surface area contributed by atoms with Gasteiger partial charge in [-0.15, -0.1) is 12.4 Å². The van der Waals surface area contributed by atoms with Crippen molar-refractivity contribution in [3.63, 3.8) is 0 Å². The van der Waals surface area contributed by atoms with E-state index < -0.39 is 29.5 Å². The Morgan fingerprint density at radius 1 is 1.00 bits per heavy atom. The molecule has 2 aliphatic rings. The molecule has 0 spiro atoms. The molecular formula is C17H21ClF6N2. The summed E-state index contributed by atoms with van der Waals surface area (Å²) >= 11 is 0. The first-order valence-electron chi connectivity index (χ1n) is 8.39. The normalized spacial score (nSPS) is 20.5. The Morgan fingerprint density at radius 3 is 2.12 bits per heavy atom. The summed E-state index contributed by atoms with van der Waals surface area (Å²) in [5.74, 6) is 0.301. The highest BCUT2D eigenvalue weighted by Gasteiger charge is 2.41. The number of nitrogens with one attached hydrogen (secondary N) is 1. The molecule has 1 saturated heterocycles. The van der Waals surface area contributed by atoms with E-state index in [0.717, 1.165) is 12.8 Å². The third-order valence-electron chi connectivity index (χ3n) is 4.89. The summed E-state index contributed by atoms with van der Waals surface area (Å²) in [4.78, 5) is 1.89. The molecule has 1 heterocycles. The number of alkyl halides is 6. The first kappa shape index (κ1) is 21.3. The smallest absolute Gasteiger partial charge is 0.314 e. The molecular weight excluding hydrogens is 382 g/mol. The van der Waals surface area contributed by atoms with Gasteiger partial charge >= 0.3 is 12.4 Å². The average Bonchev–Trinajstić information content (AvgIpc) is 3.35. The maximum absolute atomic E-state index is 13.4. The molecule has 0 aromatic heterocycles. The minimum absolute atomic E-state index is 0. The lowest BCUT2D eigenvalue weighted by Gasteiger charge is -2.36. The maximum atomic E-state index is 13.4. The largest absolute Gasteiger partial charge is 0.416 e. The van der Waals surface area contributed by atoms with Crippen molar-refractivity contribution in [2.45, 2.75) is 37.7 Å². The van der Waals surface area contributed by atoms with Crippen LogP contribution in [0.4, 0.5) is 26.3 Å². The van der Waals surface area contributed by atoms with E-state index in [9.17, 15) is 26.3 Å². The average molecular weight is 403 g/mol. The van der Waals surface area contributed by atoms with Gasteiger partial charge in [0.2, 0.25) is 0 Å². The van der Waals surface area contributed by atoms with E-state index in [0.29, 0.717) is 56.7 Å². The number of benzene rings is 1. The molecule has 0 unspecified atom stereocenters. The first-order chi connectivity index (χ1) is 11.7. The summed E-state index contributed by atoms with van der Waals surface area (Å²) in [6.07, 6.45) is -6.99. The van der Waals surface area contributed by atoms with Crippen LogP contribution in [0.3, 0.4) is 0 Å². The molecule has 1 atom stereocenters. The van der Waals surface area contributed by atoms with Crippen LogP contribution < -0.4 is 5.32 Å². The van der Waals surface area contributed by atoms with Crippen molar-refractivity contribution >= 4 is 12.4 Å². The van der Waals surface area contributed by atoms with Crippen LogP contribution >= 0.6 is 12.4 Å². The van der Waals surface area contributed by atoms with Gasteiger partial charge in [0.05, 0.1) is 11.1 Å². The zero-order valence-corrected chi connectivity index (χ0v) is 14.8. The lowest BCUT2D eigenvalue weighted by atomic mass is 9.92. The van der Waals surface area contributed by atoms with Gasteiger partial charge in [-0.2, -0.15) is 26.3 Å². The van der Waals surface area contributed by atoms with Gasteiger partial charge in [-0.05, 0) is 36.1 Å². The second-order valence-corrected chi connectivity index (χ2v) is 6.78. The number of hydrogen-bond donors (Lipinski definition) is 1. The van der Waals surface area contributed by atoms with Crippen molar-refractivity contribution in [3.8, 4) is 0 Å².